The Morgan fingerprint density at radius 3 is 2.82 bits per heavy atom. The van der Waals surface area contributed by atoms with Crippen LogP contribution >= 0.6 is 22.7 Å². The third-order valence-electron chi connectivity index (χ3n) is 2.34. The number of aryl methyl sites for hydroxylation is 1. The quantitative estimate of drug-likeness (QED) is 0.768. The van der Waals surface area contributed by atoms with Crippen molar-refractivity contribution in [2.75, 3.05) is 0 Å². The van der Waals surface area contributed by atoms with Crippen LogP contribution in [0.5, 0.6) is 0 Å². The van der Waals surface area contributed by atoms with Gasteiger partial charge in [-0.05, 0) is 6.92 Å². The van der Waals surface area contributed by atoms with Crippen molar-refractivity contribution in [2.45, 2.75) is 6.92 Å². The Morgan fingerprint density at radius 1 is 1.35 bits per heavy atom. The van der Waals surface area contributed by atoms with Crippen LogP contribution in [0.25, 0.3) is 16.3 Å². The fourth-order valence-electron chi connectivity index (χ4n) is 1.57. The van der Waals surface area contributed by atoms with Crippen LogP contribution in [0.1, 0.15) is 15.5 Å². The lowest BCUT2D eigenvalue weighted by molar-refractivity contribution is 0.0996. The minimum Gasteiger partial charge on any atom is -0.364 e. The van der Waals surface area contributed by atoms with E-state index in [9.17, 15) is 4.79 Å². The van der Waals surface area contributed by atoms with Gasteiger partial charge in [-0.2, -0.15) is 0 Å². The van der Waals surface area contributed by atoms with Gasteiger partial charge in [-0.25, -0.2) is 9.97 Å². The Kier molecular flexibility index (Phi) is 2.23. The second kappa shape index (κ2) is 3.64. The Labute approximate surface area is 105 Å². The van der Waals surface area contributed by atoms with Gasteiger partial charge in [0.05, 0.1) is 16.4 Å². The second-order valence-electron chi connectivity index (χ2n) is 3.52. The minimum absolute atomic E-state index is 0.282. The molecule has 7 heteroatoms. The van der Waals surface area contributed by atoms with E-state index in [1.807, 2.05) is 22.1 Å². The zero-order chi connectivity index (χ0) is 12.0. The van der Waals surface area contributed by atoms with Crippen molar-refractivity contribution >= 4 is 33.5 Å². The van der Waals surface area contributed by atoms with Gasteiger partial charge in [0.2, 0.25) is 0 Å². The zero-order valence-corrected chi connectivity index (χ0v) is 10.5. The van der Waals surface area contributed by atoms with Gasteiger partial charge in [0.15, 0.2) is 4.96 Å². The van der Waals surface area contributed by atoms with E-state index in [2.05, 4.69) is 9.97 Å². The summed E-state index contributed by atoms with van der Waals surface area (Å²) >= 11 is 3.06. The van der Waals surface area contributed by atoms with Crippen LogP contribution in [0, 0.1) is 6.92 Å². The number of nitrogens with zero attached hydrogens (tertiary/aromatic N) is 3. The molecular formula is C10H8N4OS2. The molecule has 3 rings (SSSR count). The molecule has 3 aromatic heterocycles. The third kappa shape index (κ3) is 1.63. The number of aromatic nitrogens is 3. The molecule has 0 saturated carbocycles. The molecule has 2 N–H and O–H groups in total. The third-order valence-corrected chi connectivity index (χ3v) is 3.96. The Bertz CT molecular complexity index is 709. The van der Waals surface area contributed by atoms with Gasteiger partial charge in [0.25, 0.3) is 5.91 Å². The molecule has 0 aliphatic heterocycles. The largest absolute Gasteiger partial charge is 0.364 e. The molecule has 0 bridgehead atoms. The highest BCUT2D eigenvalue weighted by Crippen LogP contribution is 2.27. The molecule has 17 heavy (non-hydrogen) atoms. The topological polar surface area (TPSA) is 73.3 Å². The molecule has 5 nitrogen and oxygen atoms in total. The molecule has 0 aliphatic rings. The first-order valence-electron chi connectivity index (χ1n) is 4.84. The standard InChI is InChI=1S/C10H8N4OS2/c1-5-12-7(3-16-5)8-4-17-10-13-6(9(11)15)2-14(8)10/h2-4H,1H3,(H2,11,15). The van der Waals surface area contributed by atoms with E-state index >= 15 is 0 Å². The van der Waals surface area contributed by atoms with E-state index in [4.69, 9.17) is 5.73 Å². The minimum atomic E-state index is -0.513. The summed E-state index contributed by atoms with van der Waals surface area (Å²) in [6, 6.07) is 0. The lowest BCUT2D eigenvalue weighted by Gasteiger charge is -1.92. The van der Waals surface area contributed by atoms with Crippen LogP contribution in [0.2, 0.25) is 0 Å². The summed E-state index contributed by atoms with van der Waals surface area (Å²) in [5, 5.41) is 4.97. The van der Waals surface area contributed by atoms with Gasteiger partial charge >= 0.3 is 0 Å². The van der Waals surface area contributed by atoms with Gasteiger partial charge in [-0.15, -0.1) is 22.7 Å². The zero-order valence-electron chi connectivity index (χ0n) is 8.88. The van der Waals surface area contributed by atoms with Crippen molar-refractivity contribution in [1.82, 2.24) is 14.4 Å². The SMILES string of the molecule is Cc1nc(-c2csc3nc(C(N)=O)cn23)cs1. The Hall–Kier alpha value is -1.73. The van der Waals surface area contributed by atoms with Crippen molar-refractivity contribution in [3.05, 3.63) is 27.7 Å². The maximum atomic E-state index is 11.1. The Balaban J connectivity index is 2.20. The molecule has 0 spiro atoms. The molecule has 3 aromatic rings. The number of rotatable bonds is 2. The summed E-state index contributed by atoms with van der Waals surface area (Å²) in [6.45, 7) is 1.96. The Morgan fingerprint density at radius 2 is 2.18 bits per heavy atom. The highest BCUT2D eigenvalue weighted by molar-refractivity contribution is 7.15. The van der Waals surface area contributed by atoms with E-state index in [0.29, 0.717) is 0 Å². The molecule has 0 atom stereocenters. The number of thiazole rings is 2. The number of carbonyl (C=O) groups excluding carboxylic acids is 1. The molecule has 0 aromatic carbocycles. The van der Waals surface area contributed by atoms with Crippen molar-refractivity contribution < 1.29 is 4.79 Å². The first-order chi connectivity index (χ1) is 8.15. The first-order valence-corrected chi connectivity index (χ1v) is 6.60. The normalized spacial score (nSPS) is 11.1. The van der Waals surface area contributed by atoms with E-state index in [1.54, 1.807) is 17.5 Å². The predicted molar refractivity (Wildman–Crippen MR) is 67.4 cm³/mol. The van der Waals surface area contributed by atoms with Crippen LogP contribution in [-0.4, -0.2) is 20.3 Å². The number of amides is 1. The van der Waals surface area contributed by atoms with E-state index < -0.39 is 5.91 Å². The number of hydrogen-bond acceptors (Lipinski definition) is 5. The number of primary amides is 1. The maximum Gasteiger partial charge on any atom is 0.268 e. The molecule has 0 radical (unpaired) electrons. The fraction of sp³-hybridized carbons (Fsp3) is 0.100. The molecule has 0 saturated heterocycles. The van der Waals surface area contributed by atoms with Crippen LogP contribution in [0.4, 0.5) is 0 Å². The predicted octanol–water partition coefficient (Wildman–Crippen LogP) is 1.93. The van der Waals surface area contributed by atoms with Crippen molar-refractivity contribution in [3.8, 4) is 11.4 Å². The number of fused-ring (bicyclic) bond motifs is 1. The number of imidazole rings is 1. The molecule has 0 aliphatic carbocycles. The lowest BCUT2D eigenvalue weighted by Crippen LogP contribution is -2.10. The number of nitrogens with two attached hydrogens (primary N) is 1. The smallest absolute Gasteiger partial charge is 0.268 e. The van der Waals surface area contributed by atoms with Gasteiger partial charge in [-0.1, -0.05) is 0 Å². The average molecular weight is 264 g/mol. The molecule has 1 amide bonds. The number of hydrogen-bond donors (Lipinski definition) is 1. The van der Waals surface area contributed by atoms with Crippen LogP contribution < -0.4 is 5.73 Å². The van der Waals surface area contributed by atoms with Gasteiger partial charge < -0.3 is 5.73 Å². The van der Waals surface area contributed by atoms with Crippen LogP contribution in [0.15, 0.2) is 17.0 Å². The van der Waals surface area contributed by atoms with Crippen LogP contribution in [0.3, 0.4) is 0 Å². The summed E-state index contributed by atoms with van der Waals surface area (Å²) in [6.07, 6.45) is 1.65. The average Bonchev–Trinajstić information content (AvgIpc) is 2.90. The summed E-state index contributed by atoms with van der Waals surface area (Å²) in [4.78, 5) is 20.4. The molecule has 0 fully saturated rings. The first kappa shape index (κ1) is 10.4. The van der Waals surface area contributed by atoms with Crippen molar-refractivity contribution in [3.63, 3.8) is 0 Å². The van der Waals surface area contributed by atoms with Crippen LogP contribution in [-0.2, 0) is 0 Å². The molecule has 3 heterocycles. The monoisotopic (exact) mass is 264 g/mol. The van der Waals surface area contributed by atoms with Crippen molar-refractivity contribution in [1.29, 1.82) is 0 Å². The highest BCUT2D eigenvalue weighted by atomic mass is 32.1. The number of carbonyl (C=O) groups is 1. The highest BCUT2D eigenvalue weighted by Gasteiger charge is 2.13. The molecule has 86 valence electrons. The summed E-state index contributed by atoms with van der Waals surface area (Å²) in [7, 11) is 0. The summed E-state index contributed by atoms with van der Waals surface area (Å²) in [5.74, 6) is -0.513. The fourth-order valence-corrected chi connectivity index (χ4v) is 3.04. The summed E-state index contributed by atoms with van der Waals surface area (Å²) < 4.78 is 1.85. The van der Waals surface area contributed by atoms with Gasteiger partial charge in [0.1, 0.15) is 5.69 Å². The van der Waals surface area contributed by atoms with Gasteiger partial charge in [-0.3, -0.25) is 9.20 Å². The second-order valence-corrected chi connectivity index (χ2v) is 5.41. The van der Waals surface area contributed by atoms with Crippen molar-refractivity contribution in [2.24, 2.45) is 5.73 Å². The molecular weight excluding hydrogens is 256 g/mol. The maximum absolute atomic E-state index is 11.1. The lowest BCUT2D eigenvalue weighted by atomic mass is 10.4. The van der Waals surface area contributed by atoms with E-state index in [1.165, 1.54) is 11.3 Å². The summed E-state index contributed by atoms with van der Waals surface area (Å²) in [5.41, 5.74) is 7.32. The van der Waals surface area contributed by atoms with Gasteiger partial charge in [0, 0.05) is 17.0 Å². The van der Waals surface area contributed by atoms with E-state index in [0.717, 1.165) is 21.4 Å². The molecule has 0 unspecified atom stereocenters. The van der Waals surface area contributed by atoms with E-state index in [-0.39, 0.29) is 5.69 Å².